The summed E-state index contributed by atoms with van der Waals surface area (Å²) < 4.78 is 1.74. The minimum atomic E-state index is -0.968. The zero-order valence-corrected chi connectivity index (χ0v) is 10.8. The van der Waals surface area contributed by atoms with Crippen molar-refractivity contribution in [3.8, 4) is 5.69 Å². The van der Waals surface area contributed by atoms with Crippen LogP contribution in [0.2, 0.25) is 0 Å². The monoisotopic (exact) mass is 256 g/mol. The molecule has 1 atom stereocenters. The minimum absolute atomic E-state index is 0.374. The Kier molecular flexibility index (Phi) is 3.51. The molecule has 1 unspecified atom stereocenters. The van der Waals surface area contributed by atoms with Gasteiger partial charge in [-0.05, 0) is 31.0 Å². The summed E-state index contributed by atoms with van der Waals surface area (Å²) in [5.74, 6) is -0.880. The lowest BCUT2D eigenvalue weighted by Gasteiger charge is -2.18. The molecule has 1 N–H and O–H groups in total. The summed E-state index contributed by atoms with van der Waals surface area (Å²) in [6, 6.07) is 9.69. The van der Waals surface area contributed by atoms with Gasteiger partial charge in [0.1, 0.15) is 0 Å². The van der Waals surface area contributed by atoms with Gasteiger partial charge in [0.15, 0.2) is 0 Å². The molecule has 0 aliphatic rings. The van der Waals surface area contributed by atoms with Gasteiger partial charge in [0.2, 0.25) is 0 Å². The van der Waals surface area contributed by atoms with Crippen LogP contribution in [0.3, 0.4) is 0 Å². The maximum atomic E-state index is 11.2. The van der Waals surface area contributed by atoms with E-state index >= 15 is 0 Å². The SMILES string of the molecule is C=CC(C)(Cc1cnn(-c2ccccc2)c1)C(=O)O. The molecular weight excluding hydrogens is 240 g/mol. The number of carboxylic acid groups (broad SMARTS) is 1. The van der Waals surface area contributed by atoms with Crippen LogP contribution in [0.15, 0.2) is 55.4 Å². The Balaban J connectivity index is 2.23. The number of para-hydroxylation sites is 1. The van der Waals surface area contributed by atoms with Crippen molar-refractivity contribution in [2.75, 3.05) is 0 Å². The van der Waals surface area contributed by atoms with Crippen molar-refractivity contribution in [2.24, 2.45) is 5.41 Å². The van der Waals surface area contributed by atoms with Crippen LogP contribution in [0.25, 0.3) is 5.69 Å². The maximum absolute atomic E-state index is 11.2. The van der Waals surface area contributed by atoms with E-state index in [2.05, 4.69) is 11.7 Å². The van der Waals surface area contributed by atoms with Gasteiger partial charge in [0.25, 0.3) is 0 Å². The van der Waals surface area contributed by atoms with Crippen LogP contribution in [0.1, 0.15) is 12.5 Å². The van der Waals surface area contributed by atoms with Crippen LogP contribution in [0.4, 0.5) is 0 Å². The van der Waals surface area contributed by atoms with Crippen molar-refractivity contribution in [3.05, 3.63) is 60.9 Å². The quantitative estimate of drug-likeness (QED) is 0.837. The molecule has 0 bridgehead atoms. The molecule has 19 heavy (non-hydrogen) atoms. The number of carbonyl (C=O) groups is 1. The van der Waals surface area contributed by atoms with Crippen molar-refractivity contribution in [1.29, 1.82) is 0 Å². The number of benzene rings is 1. The van der Waals surface area contributed by atoms with Gasteiger partial charge < -0.3 is 5.11 Å². The third-order valence-corrected chi connectivity index (χ3v) is 3.17. The van der Waals surface area contributed by atoms with Crippen LogP contribution in [-0.4, -0.2) is 20.9 Å². The Bertz CT molecular complexity index is 589. The molecule has 0 amide bonds. The van der Waals surface area contributed by atoms with Gasteiger partial charge in [-0.2, -0.15) is 5.10 Å². The molecule has 4 heteroatoms. The molecule has 0 aliphatic carbocycles. The third kappa shape index (κ3) is 2.73. The summed E-state index contributed by atoms with van der Waals surface area (Å²) in [7, 11) is 0. The number of aliphatic carboxylic acids is 1. The van der Waals surface area contributed by atoms with E-state index in [0.29, 0.717) is 6.42 Å². The second kappa shape index (κ2) is 5.10. The number of nitrogens with zero attached hydrogens (tertiary/aromatic N) is 2. The van der Waals surface area contributed by atoms with Crippen LogP contribution in [-0.2, 0) is 11.2 Å². The van der Waals surface area contributed by atoms with Crippen molar-refractivity contribution in [1.82, 2.24) is 9.78 Å². The van der Waals surface area contributed by atoms with Crippen LogP contribution < -0.4 is 0 Å². The second-order valence-electron chi connectivity index (χ2n) is 4.73. The van der Waals surface area contributed by atoms with E-state index in [4.69, 9.17) is 0 Å². The molecule has 1 aromatic carbocycles. The van der Waals surface area contributed by atoms with Crippen molar-refractivity contribution in [2.45, 2.75) is 13.3 Å². The molecule has 0 fully saturated rings. The zero-order valence-electron chi connectivity index (χ0n) is 10.8. The van der Waals surface area contributed by atoms with Gasteiger partial charge in [-0.3, -0.25) is 4.79 Å². The number of rotatable bonds is 5. The molecule has 98 valence electrons. The highest BCUT2D eigenvalue weighted by Gasteiger charge is 2.30. The average molecular weight is 256 g/mol. The first kappa shape index (κ1) is 13.1. The molecule has 2 aromatic rings. The molecule has 4 nitrogen and oxygen atoms in total. The molecule has 0 radical (unpaired) electrons. The van der Waals surface area contributed by atoms with E-state index in [1.54, 1.807) is 17.8 Å². The first-order valence-electron chi connectivity index (χ1n) is 6.01. The molecule has 0 saturated carbocycles. The Morgan fingerprint density at radius 1 is 1.47 bits per heavy atom. The van der Waals surface area contributed by atoms with E-state index in [0.717, 1.165) is 11.3 Å². The Labute approximate surface area is 112 Å². The molecular formula is C15H16N2O2. The van der Waals surface area contributed by atoms with Gasteiger partial charge in [0.05, 0.1) is 17.3 Å². The Morgan fingerprint density at radius 3 is 2.74 bits per heavy atom. The fourth-order valence-corrected chi connectivity index (χ4v) is 1.83. The maximum Gasteiger partial charge on any atom is 0.313 e. The van der Waals surface area contributed by atoms with Crippen LogP contribution in [0.5, 0.6) is 0 Å². The number of hydrogen-bond donors (Lipinski definition) is 1. The lowest BCUT2D eigenvalue weighted by Crippen LogP contribution is -2.27. The van der Waals surface area contributed by atoms with Gasteiger partial charge in [-0.1, -0.05) is 24.3 Å². The van der Waals surface area contributed by atoms with E-state index in [9.17, 15) is 9.90 Å². The molecule has 1 aromatic heterocycles. The number of aromatic nitrogens is 2. The molecule has 1 heterocycles. The predicted molar refractivity (Wildman–Crippen MR) is 73.2 cm³/mol. The van der Waals surface area contributed by atoms with Gasteiger partial charge in [-0.15, -0.1) is 6.58 Å². The largest absolute Gasteiger partial charge is 0.481 e. The van der Waals surface area contributed by atoms with Gasteiger partial charge in [-0.25, -0.2) is 4.68 Å². The normalized spacial score (nSPS) is 13.7. The molecule has 0 spiro atoms. The standard InChI is InChI=1S/C15H16N2O2/c1-3-15(2,14(18)19)9-12-10-16-17(11-12)13-7-5-4-6-8-13/h3-8,10-11H,1,9H2,2H3,(H,18,19). The lowest BCUT2D eigenvalue weighted by atomic mass is 9.85. The topological polar surface area (TPSA) is 55.1 Å². The van der Waals surface area contributed by atoms with Crippen molar-refractivity contribution >= 4 is 5.97 Å². The minimum Gasteiger partial charge on any atom is -0.481 e. The summed E-state index contributed by atoms with van der Waals surface area (Å²) in [6.45, 7) is 5.26. The highest BCUT2D eigenvalue weighted by molar-refractivity contribution is 5.76. The first-order valence-corrected chi connectivity index (χ1v) is 6.01. The van der Waals surface area contributed by atoms with Crippen LogP contribution >= 0.6 is 0 Å². The first-order chi connectivity index (χ1) is 9.05. The van der Waals surface area contributed by atoms with E-state index in [1.165, 1.54) is 6.08 Å². The average Bonchev–Trinajstić information content (AvgIpc) is 2.87. The zero-order chi connectivity index (χ0) is 13.9. The van der Waals surface area contributed by atoms with E-state index in [-0.39, 0.29) is 0 Å². The van der Waals surface area contributed by atoms with Crippen LogP contribution in [0, 0.1) is 5.41 Å². The summed E-state index contributed by atoms with van der Waals surface area (Å²) in [4.78, 5) is 11.2. The number of carboxylic acids is 1. The molecule has 0 saturated heterocycles. The highest BCUT2D eigenvalue weighted by atomic mass is 16.4. The summed E-state index contributed by atoms with van der Waals surface area (Å²) in [6.07, 6.45) is 5.38. The van der Waals surface area contributed by atoms with Crippen molar-refractivity contribution < 1.29 is 9.90 Å². The smallest absolute Gasteiger partial charge is 0.313 e. The predicted octanol–water partition coefficient (Wildman–Crippen LogP) is 2.69. The summed E-state index contributed by atoms with van der Waals surface area (Å²) in [5.41, 5.74) is 0.850. The number of hydrogen-bond acceptors (Lipinski definition) is 2. The lowest BCUT2D eigenvalue weighted by molar-refractivity contribution is -0.145. The van der Waals surface area contributed by atoms with E-state index < -0.39 is 11.4 Å². The second-order valence-corrected chi connectivity index (χ2v) is 4.73. The summed E-state index contributed by atoms with van der Waals surface area (Å²) in [5, 5.41) is 13.5. The van der Waals surface area contributed by atoms with E-state index in [1.807, 2.05) is 36.5 Å². The Hall–Kier alpha value is -2.36. The fourth-order valence-electron chi connectivity index (χ4n) is 1.83. The molecule has 2 rings (SSSR count). The summed E-state index contributed by atoms with van der Waals surface area (Å²) >= 11 is 0. The van der Waals surface area contributed by atoms with Crippen molar-refractivity contribution in [3.63, 3.8) is 0 Å². The third-order valence-electron chi connectivity index (χ3n) is 3.17. The van der Waals surface area contributed by atoms with Gasteiger partial charge >= 0.3 is 5.97 Å². The fraction of sp³-hybridized carbons (Fsp3) is 0.200. The van der Waals surface area contributed by atoms with Gasteiger partial charge in [0, 0.05) is 6.20 Å². The molecule has 0 aliphatic heterocycles. The Morgan fingerprint density at radius 2 is 2.16 bits per heavy atom. The highest BCUT2D eigenvalue weighted by Crippen LogP contribution is 2.24.